The molecule has 0 aliphatic heterocycles. The predicted molar refractivity (Wildman–Crippen MR) is 121 cm³/mol. The Morgan fingerprint density at radius 1 is 1.09 bits per heavy atom. The van der Waals surface area contributed by atoms with Gasteiger partial charge in [-0.1, -0.05) is 0 Å². The Hall–Kier alpha value is -2.81. The lowest BCUT2D eigenvalue weighted by Crippen LogP contribution is -2.36. The summed E-state index contributed by atoms with van der Waals surface area (Å²) >= 11 is 0. The normalized spacial score (nSPS) is 14.6. The minimum Gasteiger partial charge on any atom is -0.439 e. The van der Waals surface area contributed by atoms with Gasteiger partial charge in [-0.3, -0.25) is 4.90 Å². The molecule has 1 N–H and O–H groups in total. The van der Waals surface area contributed by atoms with E-state index in [1.165, 1.54) is 24.3 Å². The van der Waals surface area contributed by atoms with Crippen LogP contribution >= 0.6 is 0 Å². The van der Waals surface area contributed by atoms with E-state index in [0.717, 1.165) is 24.1 Å². The van der Waals surface area contributed by atoms with E-state index in [4.69, 9.17) is 9.47 Å². The van der Waals surface area contributed by atoms with Crippen molar-refractivity contribution in [3.05, 3.63) is 71.4 Å². The largest absolute Gasteiger partial charge is 0.439 e. The van der Waals surface area contributed by atoms with Gasteiger partial charge in [0.15, 0.2) is 0 Å². The first-order valence-electron chi connectivity index (χ1n) is 11.2. The standard InChI is InChI=1S/C25H29F2N3O3/c1-3-32-16-22(31)14-29(20-10-11-20)15-24-17(2)28-30(21-8-4-18(26)5-9-21)25(24)33-23-12-6-19(27)7-13-23/h4-9,12-13,20,22,31H,3,10-11,14-16H2,1-2H3/t22-/m0/s1. The van der Waals surface area contributed by atoms with Gasteiger partial charge in [-0.2, -0.15) is 5.10 Å². The molecule has 0 saturated heterocycles. The topological polar surface area (TPSA) is 59.8 Å². The van der Waals surface area contributed by atoms with Crippen molar-refractivity contribution in [3.63, 3.8) is 0 Å². The smallest absolute Gasteiger partial charge is 0.227 e. The van der Waals surface area contributed by atoms with E-state index in [-0.39, 0.29) is 18.2 Å². The van der Waals surface area contributed by atoms with E-state index in [0.29, 0.717) is 43.1 Å². The first-order valence-corrected chi connectivity index (χ1v) is 11.2. The molecular weight excluding hydrogens is 428 g/mol. The van der Waals surface area contributed by atoms with Crippen molar-refractivity contribution in [2.24, 2.45) is 0 Å². The monoisotopic (exact) mass is 457 g/mol. The number of aromatic nitrogens is 2. The van der Waals surface area contributed by atoms with Crippen LogP contribution in [0, 0.1) is 18.6 Å². The number of nitrogens with zero attached hydrogens (tertiary/aromatic N) is 3. The van der Waals surface area contributed by atoms with Crippen LogP contribution in [0.3, 0.4) is 0 Å². The summed E-state index contributed by atoms with van der Waals surface area (Å²) in [6.07, 6.45) is 1.54. The molecule has 4 rings (SSSR count). The average molecular weight is 458 g/mol. The molecule has 176 valence electrons. The summed E-state index contributed by atoms with van der Waals surface area (Å²) in [5.41, 5.74) is 2.28. The molecule has 8 heteroatoms. The highest BCUT2D eigenvalue weighted by atomic mass is 19.1. The third kappa shape index (κ3) is 5.96. The maximum absolute atomic E-state index is 13.5. The number of hydrogen-bond donors (Lipinski definition) is 1. The zero-order valence-corrected chi connectivity index (χ0v) is 18.9. The zero-order chi connectivity index (χ0) is 23.4. The fraction of sp³-hybridized carbons (Fsp3) is 0.400. The van der Waals surface area contributed by atoms with Gasteiger partial charge in [0.1, 0.15) is 17.4 Å². The quantitative estimate of drug-likeness (QED) is 0.456. The maximum atomic E-state index is 13.5. The second kappa shape index (κ2) is 10.4. The van der Waals surface area contributed by atoms with E-state index in [2.05, 4.69) is 10.00 Å². The highest BCUT2D eigenvalue weighted by Crippen LogP contribution is 2.35. The minimum atomic E-state index is -0.598. The Bertz CT molecular complexity index is 1050. The molecule has 2 aromatic carbocycles. The Labute approximate surface area is 192 Å². The first-order chi connectivity index (χ1) is 15.9. The molecule has 3 aromatic rings. The number of rotatable bonds is 11. The van der Waals surface area contributed by atoms with Crippen LogP contribution in [-0.2, 0) is 11.3 Å². The molecule has 6 nitrogen and oxygen atoms in total. The van der Waals surface area contributed by atoms with Gasteiger partial charge in [-0.05, 0) is 75.2 Å². The highest BCUT2D eigenvalue weighted by molar-refractivity contribution is 5.43. The molecule has 33 heavy (non-hydrogen) atoms. The third-order valence-electron chi connectivity index (χ3n) is 5.62. The van der Waals surface area contributed by atoms with E-state index in [1.807, 2.05) is 13.8 Å². The number of aliphatic hydroxyl groups is 1. The summed E-state index contributed by atoms with van der Waals surface area (Å²) in [6.45, 7) is 5.64. The Morgan fingerprint density at radius 2 is 1.73 bits per heavy atom. The van der Waals surface area contributed by atoms with Gasteiger partial charge in [0.05, 0.1) is 29.7 Å². The molecular formula is C25H29F2N3O3. The molecule has 1 aromatic heterocycles. The Balaban J connectivity index is 1.66. The molecule has 1 heterocycles. The van der Waals surface area contributed by atoms with Crippen molar-refractivity contribution in [2.45, 2.75) is 45.4 Å². The second-order valence-electron chi connectivity index (χ2n) is 8.29. The molecule has 0 unspecified atom stereocenters. The van der Waals surface area contributed by atoms with Crippen LogP contribution < -0.4 is 4.74 Å². The summed E-state index contributed by atoms with van der Waals surface area (Å²) < 4.78 is 40.1. The summed E-state index contributed by atoms with van der Waals surface area (Å²) in [5, 5.41) is 15.1. The van der Waals surface area contributed by atoms with E-state index in [1.54, 1.807) is 28.9 Å². The van der Waals surface area contributed by atoms with E-state index in [9.17, 15) is 13.9 Å². The van der Waals surface area contributed by atoms with Crippen LogP contribution in [0.25, 0.3) is 5.69 Å². The van der Waals surface area contributed by atoms with Crippen molar-refractivity contribution < 1.29 is 23.4 Å². The molecule has 0 amide bonds. The lowest BCUT2D eigenvalue weighted by atomic mass is 10.2. The molecule has 1 aliphatic carbocycles. The van der Waals surface area contributed by atoms with Crippen molar-refractivity contribution in [3.8, 4) is 17.3 Å². The van der Waals surface area contributed by atoms with Crippen LogP contribution in [0.2, 0.25) is 0 Å². The number of ether oxygens (including phenoxy) is 2. The Morgan fingerprint density at radius 3 is 2.33 bits per heavy atom. The van der Waals surface area contributed by atoms with Crippen molar-refractivity contribution >= 4 is 0 Å². The van der Waals surface area contributed by atoms with Gasteiger partial charge in [-0.25, -0.2) is 13.5 Å². The fourth-order valence-corrected chi connectivity index (χ4v) is 3.76. The minimum absolute atomic E-state index is 0.284. The number of aliphatic hydroxyl groups excluding tert-OH is 1. The molecule has 0 radical (unpaired) electrons. The lowest BCUT2D eigenvalue weighted by Gasteiger charge is -2.25. The van der Waals surface area contributed by atoms with Crippen LogP contribution in [0.4, 0.5) is 8.78 Å². The van der Waals surface area contributed by atoms with Crippen molar-refractivity contribution in [2.75, 3.05) is 19.8 Å². The number of aryl methyl sites for hydroxylation is 1. The van der Waals surface area contributed by atoms with Crippen LogP contribution in [-0.4, -0.2) is 51.7 Å². The summed E-state index contributed by atoms with van der Waals surface area (Å²) in [7, 11) is 0. The van der Waals surface area contributed by atoms with E-state index < -0.39 is 6.10 Å². The molecule has 0 bridgehead atoms. The third-order valence-corrected chi connectivity index (χ3v) is 5.62. The molecule has 1 saturated carbocycles. The average Bonchev–Trinajstić information content (AvgIpc) is 3.61. The molecule has 1 aliphatic rings. The first kappa shape index (κ1) is 23.4. The lowest BCUT2D eigenvalue weighted by molar-refractivity contribution is 0.0177. The fourth-order valence-electron chi connectivity index (χ4n) is 3.76. The van der Waals surface area contributed by atoms with Gasteiger partial charge in [0.25, 0.3) is 0 Å². The molecule has 1 fully saturated rings. The zero-order valence-electron chi connectivity index (χ0n) is 18.9. The number of halogens is 2. The number of hydrogen-bond acceptors (Lipinski definition) is 5. The molecule has 0 spiro atoms. The SMILES string of the molecule is CCOC[C@@H](O)CN(Cc1c(C)nn(-c2ccc(F)cc2)c1Oc1ccc(F)cc1)C1CC1. The highest BCUT2D eigenvalue weighted by Gasteiger charge is 2.32. The van der Waals surface area contributed by atoms with Gasteiger partial charge in [0, 0.05) is 25.7 Å². The van der Waals surface area contributed by atoms with E-state index >= 15 is 0 Å². The summed E-state index contributed by atoms with van der Waals surface area (Å²) in [5.74, 6) is 0.256. The van der Waals surface area contributed by atoms with Crippen molar-refractivity contribution in [1.29, 1.82) is 0 Å². The van der Waals surface area contributed by atoms with Crippen LogP contribution in [0.15, 0.2) is 48.5 Å². The second-order valence-corrected chi connectivity index (χ2v) is 8.29. The van der Waals surface area contributed by atoms with Crippen molar-refractivity contribution in [1.82, 2.24) is 14.7 Å². The maximum Gasteiger partial charge on any atom is 0.227 e. The Kier molecular flexibility index (Phi) is 7.37. The predicted octanol–water partition coefficient (Wildman–Crippen LogP) is 4.61. The van der Waals surface area contributed by atoms with Crippen LogP contribution in [0.5, 0.6) is 11.6 Å². The summed E-state index contributed by atoms with van der Waals surface area (Å²) in [6, 6.07) is 12.2. The number of benzene rings is 2. The molecule has 1 atom stereocenters. The summed E-state index contributed by atoms with van der Waals surface area (Å²) in [4.78, 5) is 2.22. The van der Waals surface area contributed by atoms with Gasteiger partial charge in [0.2, 0.25) is 5.88 Å². The van der Waals surface area contributed by atoms with Gasteiger partial charge in [-0.15, -0.1) is 0 Å². The van der Waals surface area contributed by atoms with Crippen LogP contribution in [0.1, 0.15) is 31.0 Å². The van der Waals surface area contributed by atoms with Gasteiger partial charge >= 0.3 is 0 Å². The van der Waals surface area contributed by atoms with Gasteiger partial charge < -0.3 is 14.6 Å².